The van der Waals surface area contributed by atoms with Crippen molar-refractivity contribution in [3.8, 4) is 0 Å². The summed E-state index contributed by atoms with van der Waals surface area (Å²) in [6.45, 7) is 0. The SMILES string of the molecule is NC(=Nc1ccc(Cl)cc1)SCc1ccc([N+](=O)[O-])cc1. The number of non-ortho nitro benzene ring substituents is 1. The predicted molar refractivity (Wildman–Crippen MR) is 87.1 cm³/mol. The van der Waals surface area contributed by atoms with E-state index in [0.717, 1.165) is 11.3 Å². The van der Waals surface area contributed by atoms with Gasteiger partial charge >= 0.3 is 0 Å². The van der Waals surface area contributed by atoms with Crippen LogP contribution in [0, 0.1) is 10.1 Å². The summed E-state index contributed by atoms with van der Waals surface area (Å²) in [6, 6.07) is 13.4. The fourth-order valence-corrected chi connectivity index (χ4v) is 2.35. The second kappa shape index (κ2) is 7.10. The minimum absolute atomic E-state index is 0.0755. The van der Waals surface area contributed by atoms with Gasteiger partial charge in [-0.2, -0.15) is 0 Å². The Kier molecular flexibility index (Phi) is 5.19. The van der Waals surface area contributed by atoms with E-state index in [-0.39, 0.29) is 5.69 Å². The Labute approximate surface area is 131 Å². The average molecular weight is 322 g/mol. The molecule has 5 nitrogen and oxygen atoms in total. The van der Waals surface area contributed by atoms with Crippen LogP contribution in [-0.2, 0) is 5.75 Å². The second-order valence-corrected chi connectivity index (χ2v) is 5.57. The molecule has 0 fully saturated rings. The van der Waals surface area contributed by atoms with Crippen molar-refractivity contribution >= 4 is 39.9 Å². The van der Waals surface area contributed by atoms with Gasteiger partial charge in [-0.25, -0.2) is 4.99 Å². The molecule has 0 heterocycles. The summed E-state index contributed by atoms with van der Waals surface area (Å²) in [4.78, 5) is 14.4. The van der Waals surface area contributed by atoms with E-state index in [1.807, 2.05) is 0 Å². The van der Waals surface area contributed by atoms with Crippen LogP contribution < -0.4 is 5.73 Å². The summed E-state index contributed by atoms with van der Waals surface area (Å²) in [5.74, 6) is 0.598. The lowest BCUT2D eigenvalue weighted by Gasteiger charge is -2.02. The third-order valence-corrected chi connectivity index (χ3v) is 3.72. The maximum Gasteiger partial charge on any atom is 0.269 e. The van der Waals surface area contributed by atoms with Crippen molar-refractivity contribution in [1.82, 2.24) is 0 Å². The van der Waals surface area contributed by atoms with Gasteiger partial charge in [-0.15, -0.1) is 0 Å². The maximum absolute atomic E-state index is 10.6. The van der Waals surface area contributed by atoms with Crippen LogP contribution >= 0.6 is 23.4 Å². The van der Waals surface area contributed by atoms with Crippen molar-refractivity contribution in [2.75, 3.05) is 0 Å². The molecule has 0 spiro atoms. The van der Waals surface area contributed by atoms with Gasteiger partial charge in [0.2, 0.25) is 0 Å². The number of rotatable bonds is 4. The molecule has 2 N–H and O–H groups in total. The van der Waals surface area contributed by atoms with Gasteiger partial charge in [0, 0.05) is 22.9 Å². The molecular formula is C14H12ClN3O2S. The predicted octanol–water partition coefficient (Wildman–Crippen LogP) is 4.13. The number of nitro benzene ring substituents is 1. The average Bonchev–Trinajstić information content (AvgIpc) is 2.48. The van der Waals surface area contributed by atoms with E-state index in [1.165, 1.54) is 23.9 Å². The highest BCUT2D eigenvalue weighted by Gasteiger charge is 2.04. The van der Waals surface area contributed by atoms with E-state index in [1.54, 1.807) is 36.4 Å². The molecule has 0 bridgehead atoms. The first-order chi connectivity index (χ1) is 10.0. The zero-order valence-corrected chi connectivity index (χ0v) is 12.5. The second-order valence-electron chi connectivity index (χ2n) is 4.14. The van der Waals surface area contributed by atoms with E-state index in [9.17, 15) is 10.1 Å². The van der Waals surface area contributed by atoms with Crippen LogP contribution in [0.2, 0.25) is 5.02 Å². The summed E-state index contributed by atoms with van der Waals surface area (Å²) in [6.07, 6.45) is 0. The van der Waals surface area contributed by atoms with E-state index < -0.39 is 4.92 Å². The standard InChI is InChI=1S/C14H12ClN3O2S/c15-11-3-5-12(6-4-11)17-14(16)21-9-10-1-7-13(8-2-10)18(19)20/h1-8H,9H2,(H2,16,17). The van der Waals surface area contributed by atoms with Crippen molar-refractivity contribution in [3.05, 3.63) is 69.2 Å². The van der Waals surface area contributed by atoms with Crippen molar-refractivity contribution < 1.29 is 4.92 Å². The number of thioether (sulfide) groups is 1. The Hall–Kier alpha value is -2.05. The Morgan fingerprint density at radius 2 is 1.81 bits per heavy atom. The lowest BCUT2D eigenvalue weighted by Crippen LogP contribution is -2.06. The number of aliphatic imine (C=N–C) groups is 1. The van der Waals surface area contributed by atoms with Gasteiger partial charge in [0.05, 0.1) is 10.6 Å². The number of nitrogens with two attached hydrogens (primary N) is 1. The molecule has 2 aromatic carbocycles. The van der Waals surface area contributed by atoms with E-state index in [4.69, 9.17) is 17.3 Å². The molecule has 0 amide bonds. The highest BCUT2D eigenvalue weighted by Crippen LogP contribution is 2.20. The minimum atomic E-state index is -0.423. The fraction of sp³-hybridized carbons (Fsp3) is 0.0714. The molecule has 7 heteroatoms. The molecule has 108 valence electrons. The zero-order chi connectivity index (χ0) is 15.2. The topological polar surface area (TPSA) is 81.5 Å². The number of benzene rings is 2. The number of nitro groups is 1. The first-order valence-corrected chi connectivity index (χ1v) is 7.37. The summed E-state index contributed by atoms with van der Waals surface area (Å²) in [5.41, 5.74) is 7.59. The smallest absolute Gasteiger partial charge is 0.269 e. The van der Waals surface area contributed by atoms with Gasteiger partial charge in [-0.1, -0.05) is 35.5 Å². The molecular weight excluding hydrogens is 310 g/mol. The van der Waals surface area contributed by atoms with Crippen LogP contribution in [0.25, 0.3) is 0 Å². The van der Waals surface area contributed by atoms with Crippen molar-refractivity contribution in [2.45, 2.75) is 5.75 Å². The summed E-state index contributed by atoms with van der Waals surface area (Å²) < 4.78 is 0. The molecule has 0 aliphatic carbocycles. The molecule has 0 aromatic heterocycles. The Balaban J connectivity index is 1.95. The van der Waals surface area contributed by atoms with Gasteiger partial charge < -0.3 is 5.73 Å². The molecule has 0 atom stereocenters. The molecule has 2 rings (SSSR count). The molecule has 0 radical (unpaired) electrons. The number of hydrogen-bond acceptors (Lipinski definition) is 4. The lowest BCUT2D eigenvalue weighted by molar-refractivity contribution is -0.384. The highest BCUT2D eigenvalue weighted by atomic mass is 35.5. The first-order valence-electron chi connectivity index (χ1n) is 6.00. The highest BCUT2D eigenvalue weighted by molar-refractivity contribution is 8.13. The normalized spacial score (nSPS) is 11.4. The van der Waals surface area contributed by atoms with E-state index in [0.29, 0.717) is 15.9 Å². The van der Waals surface area contributed by atoms with Gasteiger partial charge in [-0.3, -0.25) is 10.1 Å². The van der Waals surface area contributed by atoms with Gasteiger partial charge in [-0.05, 0) is 29.8 Å². The van der Waals surface area contributed by atoms with Crippen LogP contribution in [0.1, 0.15) is 5.56 Å². The zero-order valence-electron chi connectivity index (χ0n) is 10.9. The van der Waals surface area contributed by atoms with E-state index in [2.05, 4.69) is 4.99 Å². The fourth-order valence-electron chi connectivity index (χ4n) is 1.55. The quantitative estimate of drug-likeness (QED) is 0.397. The third kappa shape index (κ3) is 4.77. The van der Waals surface area contributed by atoms with E-state index >= 15 is 0 Å². The van der Waals surface area contributed by atoms with Gasteiger partial charge in [0.25, 0.3) is 5.69 Å². The molecule has 2 aromatic rings. The summed E-state index contributed by atoms with van der Waals surface area (Å²) >= 11 is 7.16. The number of amidine groups is 1. The van der Waals surface area contributed by atoms with Crippen LogP contribution in [0.15, 0.2) is 53.5 Å². The van der Waals surface area contributed by atoms with Crippen LogP contribution in [0.5, 0.6) is 0 Å². The van der Waals surface area contributed by atoms with Crippen LogP contribution in [0.3, 0.4) is 0 Å². The van der Waals surface area contributed by atoms with Gasteiger partial charge in [0.15, 0.2) is 5.17 Å². The molecule has 0 aliphatic heterocycles. The van der Waals surface area contributed by atoms with Gasteiger partial charge in [0.1, 0.15) is 0 Å². The molecule has 21 heavy (non-hydrogen) atoms. The molecule has 0 unspecified atom stereocenters. The molecule has 0 saturated heterocycles. The number of nitrogens with zero attached hydrogens (tertiary/aromatic N) is 2. The summed E-state index contributed by atoms with van der Waals surface area (Å²) in [7, 11) is 0. The number of halogens is 1. The Bertz CT molecular complexity index is 657. The lowest BCUT2D eigenvalue weighted by atomic mass is 10.2. The first kappa shape index (κ1) is 15.3. The van der Waals surface area contributed by atoms with Crippen molar-refractivity contribution in [2.24, 2.45) is 10.7 Å². The number of hydrogen-bond donors (Lipinski definition) is 1. The largest absolute Gasteiger partial charge is 0.378 e. The van der Waals surface area contributed by atoms with Crippen molar-refractivity contribution in [3.63, 3.8) is 0 Å². The third-order valence-electron chi connectivity index (χ3n) is 2.60. The maximum atomic E-state index is 10.6. The van der Waals surface area contributed by atoms with Crippen molar-refractivity contribution in [1.29, 1.82) is 0 Å². The Morgan fingerprint density at radius 1 is 1.19 bits per heavy atom. The van der Waals surface area contributed by atoms with Crippen LogP contribution in [0.4, 0.5) is 11.4 Å². The van der Waals surface area contributed by atoms with Crippen LogP contribution in [-0.4, -0.2) is 10.1 Å². The molecule has 0 saturated carbocycles. The minimum Gasteiger partial charge on any atom is -0.378 e. The Morgan fingerprint density at radius 3 is 2.38 bits per heavy atom. The molecule has 0 aliphatic rings. The monoisotopic (exact) mass is 321 g/mol. The summed E-state index contributed by atoms with van der Waals surface area (Å²) in [5, 5.41) is 11.6.